The van der Waals surface area contributed by atoms with Crippen LogP contribution in [0.2, 0.25) is 0 Å². The van der Waals surface area contributed by atoms with E-state index >= 15 is 0 Å². The van der Waals surface area contributed by atoms with Gasteiger partial charge < -0.3 is 4.90 Å². The first-order valence-electron chi connectivity index (χ1n) is 8.23. The van der Waals surface area contributed by atoms with Crippen molar-refractivity contribution in [2.75, 3.05) is 32.4 Å². The van der Waals surface area contributed by atoms with Gasteiger partial charge in [-0.15, -0.1) is 0 Å². The Morgan fingerprint density at radius 3 is 2.58 bits per heavy atom. The van der Waals surface area contributed by atoms with Gasteiger partial charge in [0.25, 0.3) is 0 Å². The van der Waals surface area contributed by atoms with Gasteiger partial charge in [0, 0.05) is 19.6 Å². The molecule has 1 aliphatic rings. The number of carbonyl (C=O) groups excluding carboxylic acids is 1. The Hall–Kier alpha value is -1.47. The summed E-state index contributed by atoms with van der Waals surface area (Å²) < 4.78 is 38.1. The molecule has 1 aliphatic heterocycles. The molecule has 2 rings (SSSR count). The summed E-state index contributed by atoms with van der Waals surface area (Å²) in [6.07, 6.45) is 3.62. The van der Waals surface area contributed by atoms with Crippen LogP contribution in [0.25, 0.3) is 0 Å². The molecule has 24 heavy (non-hydrogen) atoms. The number of halogens is 1. The fraction of sp³-hybridized carbons (Fsp3) is 0.588. The maximum absolute atomic E-state index is 12.9. The lowest BCUT2D eigenvalue weighted by molar-refractivity contribution is -0.133. The van der Waals surface area contributed by atoms with Crippen LogP contribution >= 0.6 is 0 Å². The molecular weight excluding hydrogens is 331 g/mol. The molecule has 134 valence electrons. The van der Waals surface area contributed by atoms with Crippen molar-refractivity contribution in [2.24, 2.45) is 5.92 Å². The van der Waals surface area contributed by atoms with Crippen molar-refractivity contribution in [1.29, 1.82) is 0 Å². The van der Waals surface area contributed by atoms with Crippen molar-refractivity contribution < 1.29 is 17.6 Å². The van der Waals surface area contributed by atoms with Gasteiger partial charge in [-0.2, -0.15) is 4.31 Å². The number of hydrogen-bond acceptors (Lipinski definition) is 3. The topological polar surface area (TPSA) is 57.7 Å². The first-order valence-corrected chi connectivity index (χ1v) is 10.1. The SMILES string of the molecule is CC1CCCN(C(=O)CN(CCc2ccc(F)cc2)S(C)(=O)=O)C1. The van der Waals surface area contributed by atoms with E-state index in [1.807, 2.05) is 0 Å². The second-order valence-corrected chi connectivity index (χ2v) is 8.54. The van der Waals surface area contributed by atoms with Crippen molar-refractivity contribution in [3.05, 3.63) is 35.6 Å². The summed E-state index contributed by atoms with van der Waals surface area (Å²) in [7, 11) is -3.48. The molecule has 1 aromatic rings. The molecule has 1 fully saturated rings. The number of piperidine rings is 1. The van der Waals surface area contributed by atoms with Crippen molar-refractivity contribution in [2.45, 2.75) is 26.2 Å². The average molecular weight is 356 g/mol. The molecule has 7 heteroatoms. The number of amides is 1. The molecule has 5 nitrogen and oxygen atoms in total. The summed E-state index contributed by atoms with van der Waals surface area (Å²) in [5.41, 5.74) is 0.837. The first-order chi connectivity index (χ1) is 11.3. The van der Waals surface area contributed by atoms with Crippen molar-refractivity contribution in [1.82, 2.24) is 9.21 Å². The standard InChI is InChI=1S/C17H25FN2O3S/c1-14-4-3-10-19(12-14)17(21)13-20(24(2,22)23)11-9-15-5-7-16(18)8-6-15/h5-8,14H,3-4,9-13H2,1-2H3. The van der Waals surface area contributed by atoms with Gasteiger partial charge in [0.1, 0.15) is 5.82 Å². The summed E-state index contributed by atoms with van der Waals surface area (Å²) in [5.74, 6) is -0.0206. The summed E-state index contributed by atoms with van der Waals surface area (Å²) in [4.78, 5) is 14.2. The molecule has 0 aromatic heterocycles. The minimum Gasteiger partial charge on any atom is -0.341 e. The molecule has 1 saturated heterocycles. The van der Waals surface area contributed by atoms with Crippen LogP contribution in [0.1, 0.15) is 25.3 Å². The number of likely N-dealkylation sites (tertiary alicyclic amines) is 1. The Balaban J connectivity index is 1.98. The second-order valence-electron chi connectivity index (χ2n) is 6.56. The zero-order valence-electron chi connectivity index (χ0n) is 14.2. The predicted molar refractivity (Wildman–Crippen MR) is 91.5 cm³/mol. The summed E-state index contributed by atoms with van der Waals surface area (Å²) in [6, 6.07) is 5.95. The molecule has 1 amide bonds. The van der Waals surface area contributed by atoms with Gasteiger partial charge in [0.15, 0.2) is 0 Å². The van der Waals surface area contributed by atoms with Gasteiger partial charge in [-0.1, -0.05) is 19.1 Å². The Morgan fingerprint density at radius 1 is 1.33 bits per heavy atom. The predicted octanol–water partition coefficient (Wildman–Crippen LogP) is 1.89. The third-order valence-electron chi connectivity index (χ3n) is 4.35. The number of carbonyl (C=O) groups is 1. The lowest BCUT2D eigenvalue weighted by atomic mass is 10.0. The molecule has 0 aliphatic carbocycles. The molecule has 0 bridgehead atoms. The normalized spacial score (nSPS) is 18.8. The first kappa shape index (κ1) is 18.9. The van der Waals surface area contributed by atoms with Crippen molar-refractivity contribution >= 4 is 15.9 Å². The van der Waals surface area contributed by atoms with Crippen LogP contribution in [0.5, 0.6) is 0 Å². The number of nitrogens with zero attached hydrogens (tertiary/aromatic N) is 2. The lowest BCUT2D eigenvalue weighted by Gasteiger charge is -2.32. The van der Waals surface area contributed by atoms with E-state index < -0.39 is 10.0 Å². The fourth-order valence-corrected chi connectivity index (χ4v) is 3.70. The molecule has 1 aromatic carbocycles. The van der Waals surface area contributed by atoms with Crippen LogP contribution in [0, 0.1) is 11.7 Å². The van der Waals surface area contributed by atoms with E-state index in [0.717, 1.165) is 24.7 Å². The molecule has 1 unspecified atom stereocenters. The smallest absolute Gasteiger partial charge is 0.237 e. The van der Waals surface area contributed by atoms with E-state index in [2.05, 4.69) is 6.92 Å². The molecular formula is C17H25FN2O3S. The van der Waals surface area contributed by atoms with E-state index in [1.54, 1.807) is 17.0 Å². The van der Waals surface area contributed by atoms with E-state index in [1.165, 1.54) is 16.4 Å². The zero-order chi connectivity index (χ0) is 17.7. The third kappa shape index (κ3) is 5.56. The average Bonchev–Trinajstić information content (AvgIpc) is 2.51. The molecule has 0 spiro atoms. The summed E-state index contributed by atoms with van der Waals surface area (Å²) in [6.45, 7) is 3.56. The molecule has 1 heterocycles. The van der Waals surface area contributed by atoms with Gasteiger partial charge in [-0.3, -0.25) is 4.79 Å². The van der Waals surface area contributed by atoms with Crippen LogP contribution in [0.4, 0.5) is 4.39 Å². The third-order valence-corrected chi connectivity index (χ3v) is 5.60. The van der Waals surface area contributed by atoms with E-state index in [9.17, 15) is 17.6 Å². The van der Waals surface area contributed by atoms with Gasteiger partial charge >= 0.3 is 0 Å². The highest BCUT2D eigenvalue weighted by molar-refractivity contribution is 7.88. The van der Waals surface area contributed by atoms with Gasteiger partial charge in [-0.05, 0) is 42.9 Å². The van der Waals surface area contributed by atoms with E-state index in [4.69, 9.17) is 0 Å². The Labute approximate surface area is 143 Å². The van der Waals surface area contributed by atoms with Crippen LogP contribution in [-0.4, -0.2) is 56.0 Å². The Morgan fingerprint density at radius 2 is 2.00 bits per heavy atom. The molecule has 0 saturated carbocycles. The molecule has 0 radical (unpaired) electrons. The Kier molecular flexibility index (Phi) is 6.34. The van der Waals surface area contributed by atoms with E-state index in [-0.39, 0.29) is 24.8 Å². The van der Waals surface area contributed by atoms with Crippen molar-refractivity contribution in [3.8, 4) is 0 Å². The van der Waals surface area contributed by atoms with Crippen LogP contribution in [0.15, 0.2) is 24.3 Å². The summed E-state index contributed by atoms with van der Waals surface area (Å²) in [5, 5.41) is 0. The number of hydrogen-bond donors (Lipinski definition) is 0. The minimum atomic E-state index is -3.48. The fourth-order valence-electron chi connectivity index (χ4n) is 2.93. The number of sulfonamides is 1. The molecule has 1 atom stereocenters. The molecule has 0 N–H and O–H groups in total. The highest BCUT2D eigenvalue weighted by atomic mass is 32.2. The van der Waals surface area contributed by atoms with E-state index in [0.29, 0.717) is 25.4 Å². The quantitative estimate of drug-likeness (QED) is 0.782. The highest BCUT2D eigenvalue weighted by Crippen LogP contribution is 2.16. The summed E-state index contributed by atoms with van der Waals surface area (Å²) >= 11 is 0. The van der Waals surface area contributed by atoms with Crippen molar-refractivity contribution in [3.63, 3.8) is 0 Å². The maximum Gasteiger partial charge on any atom is 0.237 e. The van der Waals surface area contributed by atoms with Crippen LogP contribution < -0.4 is 0 Å². The van der Waals surface area contributed by atoms with Crippen LogP contribution in [-0.2, 0) is 21.2 Å². The van der Waals surface area contributed by atoms with Gasteiger partial charge in [0.2, 0.25) is 15.9 Å². The van der Waals surface area contributed by atoms with Gasteiger partial charge in [0.05, 0.1) is 12.8 Å². The second kappa shape index (κ2) is 8.07. The number of rotatable bonds is 6. The monoisotopic (exact) mass is 356 g/mol. The minimum absolute atomic E-state index is 0.132. The zero-order valence-corrected chi connectivity index (χ0v) is 15.1. The highest BCUT2D eigenvalue weighted by Gasteiger charge is 2.26. The van der Waals surface area contributed by atoms with Gasteiger partial charge in [-0.25, -0.2) is 12.8 Å². The largest absolute Gasteiger partial charge is 0.341 e. The number of benzene rings is 1. The lowest BCUT2D eigenvalue weighted by Crippen LogP contribution is -2.46. The Bertz CT molecular complexity index is 661. The maximum atomic E-state index is 12.9. The van der Waals surface area contributed by atoms with Crippen LogP contribution in [0.3, 0.4) is 0 Å².